The van der Waals surface area contributed by atoms with Gasteiger partial charge in [0.05, 0.1) is 31.0 Å². The normalized spacial score (nSPS) is 12.9. The highest BCUT2D eigenvalue weighted by atomic mass is 16.5. The van der Waals surface area contributed by atoms with Crippen LogP contribution in [0.15, 0.2) is 48.5 Å². The third-order valence-electron chi connectivity index (χ3n) is 5.69. The van der Waals surface area contributed by atoms with Crippen LogP contribution in [0.2, 0.25) is 0 Å². The lowest BCUT2D eigenvalue weighted by atomic mass is 9.94. The van der Waals surface area contributed by atoms with E-state index < -0.39 is 0 Å². The molecular weight excluding hydrogens is 362 g/mol. The highest BCUT2D eigenvalue weighted by Gasteiger charge is 2.27. The maximum atomic E-state index is 5.79. The smallest absolute Gasteiger partial charge is 0.168 e. The predicted octanol–water partition coefficient (Wildman–Crippen LogP) is 4.90. The molecule has 4 aromatic rings. The summed E-state index contributed by atoms with van der Waals surface area (Å²) in [5, 5.41) is 5.95. The number of ether oxygens (including phenoxy) is 2. The predicted molar refractivity (Wildman–Crippen MR) is 114 cm³/mol. The Morgan fingerprint density at radius 2 is 1.76 bits per heavy atom. The summed E-state index contributed by atoms with van der Waals surface area (Å²) in [5.41, 5.74) is 7.56. The van der Waals surface area contributed by atoms with Crippen molar-refractivity contribution in [3.8, 4) is 28.3 Å². The number of fused-ring (bicyclic) bond motifs is 2. The Kier molecular flexibility index (Phi) is 4.23. The van der Waals surface area contributed by atoms with Crippen molar-refractivity contribution in [3.05, 3.63) is 65.5 Å². The number of nitrogens with zero attached hydrogens (tertiary/aromatic N) is 3. The van der Waals surface area contributed by atoms with Crippen LogP contribution in [-0.4, -0.2) is 29.0 Å². The van der Waals surface area contributed by atoms with Gasteiger partial charge in [-0.2, -0.15) is 5.10 Å². The Morgan fingerprint density at radius 3 is 2.52 bits per heavy atom. The van der Waals surface area contributed by atoms with Gasteiger partial charge >= 0.3 is 0 Å². The first-order chi connectivity index (χ1) is 14.2. The fraction of sp³-hybridized carbons (Fsp3) is 0.250. The van der Waals surface area contributed by atoms with Gasteiger partial charge in [0, 0.05) is 16.8 Å². The average molecular weight is 385 g/mol. The van der Waals surface area contributed by atoms with Crippen LogP contribution >= 0.6 is 0 Å². The summed E-state index contributed by atoms with van der Waals surface area (Å²) in [6, 6.07) is 16.2. The average Bonchev–Trinajstić information content (AvgIpc) is 3.36. The molecule has 0 unspecified atom stereocenters. The molecule has 0 spiro atoms. The zero-order valence-corrected chi connectivity index (χ0v) is 16.9. The minimum Gasteiger partial charge on any atom is -0.493 e. The Bertz CT molecular complexity index is 1210. The van der Waals surface area contributed by atoms with E-state index in [1.165, 1.54) is 11.1 Å². The minimum atomic E-state index is 0.731. The van der Waals surface area contributed by atoms with Crippen molar-refractivity contribution in [3.63, 3.8) is 0 Å². The lowest BCUT2D eigenvalue weighted by Crippen LogP contribution is -2.01. The summed E-state index contributed by atoms with van der Waals surface area (Å²) in [6.07, 6.45) is 3.12. The summed E-state index contributed by atoms with van der Waals surface area (Å²) in [7, 11) is 3.37. The van der Waals surface area contributed by atoms with Crippen LogP contribution in [0.4, 0.5) is 0 Å². The molecule has 1 aliphatic carbocycles. The van der Waals surface area contributed by atoms with Gasteiger partial charge in [-0.05, 0) is 49.9 Å². The van der Waals surface area contributed by atoms with E-state index in [1.807, 2.05) is 35.0 Å². The molecule has 0 aliphatic heterocycles. The molecule has 0 amide bonds. The van der Waals surface area contributed by atoms with Gasteiger partial charge in [-0.25, -0.2) is 9.67 Å². The third-order valence-corrected chi connectivity index (χ3v) is 5.69. The maximum absolute atomic E-state index is 5.79. The Morgan fingerprint density at radius 1 is 0.931 bits per heavy atom. The van der Waals surface area contributed by atoms with Gasteiger partial charge < -0.3 is 9.47 Å². The first kappa shape index (κ1) is 17.7. The summed E-state index contributed by atoms with van der Waals surface area (Å²) in [5.74, 6) is 1.48. The van der Waals surface area contributed by atoms with Gasteiger partial charge in [-0.3, -0.25) is 0 Å². The molecule has 5 nitrogen and oxygen atoms in total. The first-order valence-corrected chi connectivity index (χ1v) is 9.90. The number of para-hydroxylation sites is 2. The molecule has 1 aliphatic rings. The molecule has 0 radical (unpaired) electrons. The fourth-order valence-electron chi connectivity index (χ4n) is 4.44. The number of methoxy groups -OCH3 is 2. The number of aryl methyl sites for hydroxylation is 2. The van der Waals surface area contributed by atoms with Gasteiger partial charge in [0.1, 0.15) is 0 Å². The maximum Gasteiger partial charge on any atom is 0.168 e. The molecule has 0 bridgehead atoms. The molecule has 2 aromatic heterocycles. The van der Waals surface area contributed by atoms with Crippen LogP contribution in [-0.2, 0) is 12.8 Å². The summed E-state index contributed by atoms with van der Waals surface area (Å²) < 4.78 is 13.3. The first-order valence-electron chi connectivity index (χ1n) is 9.90. The number of benzene rings is 2. The van der Waals surface area contributed by atoms with Crippen molar-refractivity contribution in [1.29, 1.82) is 0 Å². The molecule has 0 saturated carbocycles. The standard InChI is InChI=1S/C24H23N3O2/c1-15-21-22(18-12-8-14-20(28-2)23(18)29-3)17-11-7-13-19(17)25-24(21)27(26-15)16-9-5-4-6-10-16/h4-6,8-10,12,14H,7,11,13H2,1-3H3. The quantitative estimate of drug-likeness (QED) is 0.501. The zero-order valence-electron chi connectivity index (χ0n) is 16.9. The topological polar surface area (TPSA) is 49.2 Å². The van der Waals surface area contributed by atoms with Crippen LogP contribution in [0.3, 0.4) is 0 Å². The number of hydrogen-bond donors (Lipinski definition) is 0. The molecule has 0 saturated heterocycles. The number of rotatable bonds is 4. The third kappa shape index (κ3) is 2.69. The second-order valence-corrected chi connectivity index (χ2v) is 7.34. The Hall–Kier alpha value is -3.34. The number of aromatic nitrogens is 3. The summed E-state index contributed by atoms with van der Waals surface area (Å²) >= 11 is 0. The lowest BCUT2D eigenvalue weighted by Gasteiger charge is -2.16. The van der Waals surface area contributed by atoms with Crippen molar-refractivity contribution in [1.82, 2.24) is 14.8 Å². The van der Waals surface area contributed by atoms with Gasteiger partial charge in [0.25, 0.3) is 0 Å². The highest BCUT2D eigenvalue weighted by Crippen LogP contribution is 2.45. The lowest BCUT2D eigenvalue weighted by molar-refractivity contribution is 0.356. The molecule has 2 heterocycles. The molecule has 29 heavy (non-hydrogen) atoms. The van der Waals surface area contributed by atoms with Crippen molar-refractivity contribution < 1.29 is 9.47 Å². The van der Waals surface area contributed by atoms with Gasteiger partial charge in [-0.1, -0.05) is 30.3 Å². The van der Waals surface area contributed by atoms with E-state index >= 15 is 0 Å². The molecule has 146 valence electrons. The summed E-state index contributed by atoms with van der Waals surface area (Å²) in [6.45, 7) is 2.06. The molecule has 5 heteroatoms. The Balaban J connectivity index is 1.89. The SMILES string of the molecule is COc1cccc(-c2c3c(nc4c2c(C)nn4-c2ccccc2)CCC3)c1OC. The van der Waals surface area contributed by atoms with Crippen LogP contribution in [0.5, 0.6) is 11.5 Å². The molecule has 0 fully saturated rings. The van der Waals surface area contributed by atoms with E-state index in [0.29, 0.717) is 0 Å². The van der Waals surface area contributed by atoms with Crippen molar-refractivity contribution in [2.45, 2.75) is 26.2 Å². The zero-order chi connectivity index (χ0) is 20.0. The minimum absolute atomic E-state index is 0.731. The van der Waals surface area contributed by atoms with E-state index in [2.05, 4.69) is 25.1 Å². The Labute approximate surface area is 169 Å². The number of hydrogen-bond acceptors (Lipinski definition) is 4. The van der Waals surface area contributed by atoms with E-state index in [4.69, 9.17) is 19.6 Å². The highest BCUT2D eigenvalue weighted by molar-refractivity contribution is 6.00. The fourth-order valence-corrected chi connectivity index (χ4v) is 4.44. The van der Waals surface area contributed by atoms with Crippen molar-refractivity contribution >= 4 is 11.0 Å². The van der Waals surface area contributed by atoms with Crippen LogP contribution in [0.1, 0.15) is 23.4 Å². The molecule has 2 aromatic carbocycles. The van der Waals surface area contributed by atoms with Gasteiger partial charge in [0.15, 0.2) is 17.1 Å². The van der Waals surface area contributed by atoms with Crippen LogP contribution in [0, 0.1) is 6.92 Å². The molecular formula is C24H23N3O2. The molecule has 0 N–H and O–H groups in total. The van der Waals surface area contributed by atoms with Crippen molar-refractivity contribution in [2.24, 2.45) is 0 Å². The van der Waals surface area contributed by atoms with Crippen LogP contribution in [0.25, 0.3) is 27.8 Å². The van der Waals surface area contributed by atoms with Gasteiger partial charge in [0.2, 0.25) is 0 Å². The second kappa shape index (κ2) is 6.92. The second-order valence-electron chi connectivity index (χ2n) is 7.34. The van der Waals surface area contributed by atoms with E-state index in [1.54, 1.807) is 14.2 Å². The largest absolute Gasteiger partial charge is 0.493 e. The van der Waals surface area contributed by atoms with Crippen LogP contribution < -0.4 is 9.47 Å². The number of pyridine rings is 1. The van der Waals surface area contributed by atoms with Crippen molar-refractivity contribution in [2.75, 3.05) is 14.2 Å². The molecule has 0 atom stereocenters. The summed E-state index contributed by atoms with van der Waals surface area (Å²) in [4.78, 5) is 5.07. The van der Waals surface area contributed by atoms with E-state index in [0.717, 1.165) is 64.4 Å². The molecule has 5 rings (SSSR count). The van der Waals surface area contributed by atoms with E-state index in [-0.39, 0.29) is 0 Å². The monoisotopic (exact) mass is 385 g/mol. The van der Waals surface area contributed by atoms with E-state index in [9.17, 15) is 0 Å². The van der Waals surface area contributed by atoms with Gasteiger partial charge in [-0.15, -0.1) is 0 Å².